The fraction of sp³-hybridized carbons (Fsp3) is 0.300. The van der Waals surface area contributed by atoms with Crippen molar-refractivity contribution in [3.63, 3.8) is 0 Å². The van der Waals surface area contributed by atoms with Crippen molar-refractivity contribution in [2.45, 2.75) is 25.1 Å². The van der Waals surface area contributed by atoms with Crippen LogP contribution in [0.15, 0.2) is 47.2 Å². The van der Waals surface area contributed by atoms with Gasteiger partial charge in [-0.3, -0.25) is 0 Å². The minimum atomic E-state index is -0.640. The number of aliphatic hydroxyl groups excluding tert-OH is 1. The molecule has 1 aliphatic heterocycles. The number of ether oxygens (including phenoxy) is 1. The second-order valence-corrected chi connectivity index (χ2v) is 6.75. The van der Waals surface area contributed by atoms with E-state index in [9.17, 15) is 5.11 Å². The Labute approximate surface area is 156 Å². The lowest BCUT2D eigenvalue weighted by atomic mass is 9.99. The van der Waals surface area contributed by atoms with Crippen LogP contribution in [0.2, 0.25) is 0 Å². The summed E-state index contributed by atoms with van der Waals surface area (Å²) in [5.74, 6) is 7.40. The van der Waals surface area contributed by atoms with Gasteiger partial charge in [-0.25, -0.2) is 4.98 Å². The van der Waals surface area contributed by atoms with Crippen molar-refractivity contribution in [3.8, 4) is 23.2 Å². The third-order valence-electron chi connectivity index (χ3n) is 4.36. The quantitative estimate of drug-likeness (QED) is 0.684. The topological polar surface area (TPSA) is 99.3 Å². The maximum atomic E-state index is 9.74. The van der Waals surface area contributed by atoms with Crippen LogP contribution in [0.4, 0.5) is 0 Å². The molecule has 1 aromatic carbocycles. The van der Waals surface area contributed by atoms with Gasteiger partial charge >= 0.3 is 0 Å². The van der Waals surface area contributed by atoms with E-state index in [1.165, 1.54) is 0 Å². The van der Waals surface area contributed by atoms with Gasteiger partial charge in [0.1, 0.15) is 23.2 Å². The molecule has 4 rings (SSSR count). The van der Waals surface area contributed by atoms with Crippen LogP contribution in [0.5, 0.6) is 0 Å². The summed E-state index contributed by atoms with van der Waals surface area (Å²) < 4.78 is 12.4. The molecular formula is C20H20N4O3. The number of benzene rings is 1. The predicted octanol–water partition coefficient (Wildman–Crippen LogP) is 1.72. The zero-order valence-electron chi connectivity index (χ0n) is 14.9. The van der Waals surface area contributed by atoms with E-state index < -0.39 is 11.6 Å². The van der Waals surface area contributed by atoms with Crippen molar-refractivity contribution >= 4 is 0 Å². The van der Waals surface area contributed by atoms with E-state index in [2.05, 4.69) is 22.0 Å². The molecule has 0 saturated carbocycles. The molecule has 0 unspecified atom stereocenters. The first-order valence-electron chi connectivity index (χ1n) is 8.67. The first kappa shape index (κ1) is 17.5. The van der Waals surface area contributed by atoms with Gasteiger partial charge in [-0.05, 0) is 31.2 Å². The summed E-state index contributed by atoms with van der Waals surface area (Å²) in [7, 11) is 0. The Morgan fingerprint density at radius 3 is 2.78 bits per heavy atom. The number of aliphatic hydroxyl groups is 1. The number of hydrogen-bond donors (Lipinski definition) is 2. The Bertz CT molecular complexity index is 988. The molecule has 1 atom stereocenters. The fourth-order valence-electron chi connectivity index (χ4n) is 2.83. The van der Waals surface area contributed by atoms with Crippen LogP contribution < -0.4 is 5.73 Å². The van der Waals surface area contributed by atoms with Gasteiger partial charge in [-0.15, -0.1) is 0 Å². The second kappa shape index (κ2) is 7.00. The fourth-order valence-corrected chi connectivity index (χ4v) is 2.83. The molecule has 2 aromatic heterocycles. The van der Waals surface area contributed by atoms with Crippen LogP contribution >= 0.6 is 0 Å². The molecule has 7 heteroatoms. The Morgan fingerprint density at radius 1 is 1.33 bits per heavy atom. The van der Waals surface area contributed by atoms with Gasteiger partial charge in [0.15, 0.2) is 5.76 Å². The number of imidazole rings is 1. The summed E-state index contributed by atoms with van der Waals surface area (Å²) in [5.41, 5.74) is 8.05. The van der Waals surface area contributed by atoms with E-state index in [0.717, 1.165) is 16.8 Å². The van der Waals surface area contributed by atoms with Gasteiger partial charge < -0.3 is 24.7 Å². The highest BCUT2D eigenvalue weighted by Gasteiger charge is 2.31. The molecule has 1 saturated heterocycles. The van der Waals surface area contributed by atoms with Crippen molar-refractivity contribution in [2.24, 2.45) is 5.73 Å². The van der Waals surface area contributed by atoms with Crippen molar-refractivity contribution in [1.29, 1.82) is 0 Å². The van der Waals surface area contributed by atoms with Crippen molar-refractivity contribution in [1.82, 2.24) is 14.7 Å². The summed E-state index contributed by atoms with van der Waals surface area (Å²) in [6.07, 6.45) is 2.82. The Morgan fingerprint density at radius 2 is 2.11 bits per heavy atom. The first-order chi connectivity index (χ1) is 13.0. The van der Waals surface area contributed by atoms with Crippen molar-refractivity contribution in [3.05, 3.63) is 59.8 Å². The summed E-state index contributed by atoms with van der Waals surface area (Å²) in [5, 5.41) is 13.9. The summed E-state index contributed by atoms with van der Waals surface area (Å²) in [6.45, 7) is 3.12. The lowest BCUT2D eigenvalue weighted by Crippen LogP contribution is -2.56. The van der Waals surface area contributed by atoms with E-state index in [-0.39, 0.29) is 0 Å². The average Bonchev–Trinajstić information content (AvgIpc) is 3.29. The van der Waals surface area contributed by atoms with Crippen molar-refractivity contribution < 1.29 is 14.4 Å². The third kappa shape index (κ3) is 3.78. The molecule has 1 aliphatic rings. The van der Waals surface area contributed by atoms with Crippen LogP contribution in [-0.4, -0.2) is 38.6 Å². The smallest absolute Gasteiger partial charge is 0.167 e. The van der Waals surface area contributed by atoms with Crippen LogP contribution in [0, 0.1) is 11.8 Å². The average molecular weight is 364 g/mol. The highest BCUT2D eigenvalue weighted by Crippen LogP contribution is 2.22. The minimum absolute atomic E-state index is 0.479. The van der Waals surface area contributed by atoms with E-state index in [4.69, 9.17) is 15.0 Å². The Kier molecular flexibility index (Phi) is 4.54. The summed E-state index contributed by atoms with van der Waals surface area (Å²) in [4.78, 5) is 4.16. The predicted molar refractivity (Wildman–Crippen MR) is 98.5 cm³/mol. The van der Waals surface area contributed by atoms with Gasteiger partial charge in [-0.1, -0.05) is 17.0 Å². The SMILES string of the molecule is C[C@H](O)c1nccn1Cc1cc(-c2ccc(C#CC3(N)COC3)cc2)on1. The number of rotatable bonds is 4. The Hall–Kier alpha value is -2.92. The lowest BCUT2D eigenvalue weighted by molar-refractivity contribution is -0.0229. The Balaban J connectivity index is 1.47. The maximum absolute atomic E-state index is 9.74. The molecule has 3 aromatic rings. The van der Waals surface area contributed by atoms with Crippen LogP contribution in [-0.2, 0) is 11.3 Å². The number of aromatic nitrogens is 3. The summed E-state index contributed by atoms with van der Waals surface area (Å²) in [6, 6.07) is 9.61. The second-order valence-electron chi connectivity index (χ2n) is 6.75. The zero-order valence-corrected chi connectivity index (χ0v) is 14.9. The maximum Gasteiger partial charge on any atom is 0.167 e. The molecule has 0 aliphatic carbocycles. The van der Waals surface area contributed by atoms with Gasteiger partial charge in [0.2, 0.25) is 0 Å². The van der Waals surface area contributed by atoms with Crippen LogP contribution in [0.1, 0.15) is 30.1 Å². The van der Waals surface area contributed by atoms with E-state index in [1.807, 2.05) is 34.9 Å². The molecule has 0 amide bonds. The molecular weight excluding hydrogens is 344 g/mol. The lowest BCUT2D eigenvalue weighted by Gasteiger charge is -2.32. The highest BCUT2D eigenvalue weighted by molar-refractivity contribution is 5.59. The summed E-state index contributed by atoms with van der Waals surface area (Å²) >= 11 is 0. The molecule has 138 valence electrons. The molecule has 1 fully saturated rings. The molecule has 3 heterocycles. The van der Waals surface area contributed by atoms with Gasteiger partial charge in [0.25, 0.3) is 0 Å². The molecule has 7 nitrogen and oxygen atoms in total. The standard InChI is InChI=1S/C20H20N4O3/c1-14(25)19-22-8-9-24(19)11-17-10-18(27-23-17)16-4-2-15(3-5-16)6-7-20(21)12-26-13-20/h2-5,8-10,14,25H,11-13,21H2,1H3/t14-/m0/s1. The van der Waals surface area contributed by atoms with Gasteiger partial charge in [0.05, 0.1) is 19.8 Å². The number of nitrogens with zero attached hydrogens (tertiary/aromatic N) is 3. The van der Waals surface area contributed by atoms with Gasteiger partial charge in [0, 0.05) is 29.6 Å². The molecule has 0 bridgehead atoms. The van der Waals surface area contributed by atoms with Crippen molar-refractivity contribution in [2.75, 3.05) is 13.2 Å². The monoisotopic (exact) mass is 364 g/mol. The highest BCUT2D eigenvalue weighted by atomic mass is 16.5. The third-order valence-corrected chi connectivity index (χ3v) is 4.36. The number of hydrogen-bond acceptors (Lipinski definition) is 6. The van der Waals surface area contributed by atoms with Crippen LogP contribution in [0.25, 0.3) is 11.3 Å². The molecule has 0 spiro atoms. The molecule has 0 radical (unpaired) electrons. The van der Waals surface area contributed by atoms with Crippen LogP contribution in [0.3, 0.4) is 0 Å². The zero-order chi connectivity index (χ0) is 18.9. The van der Waals surface area contributed by atoms with Gasteiger partial charge in [-0.2, -0.15) is 0 Å². The van der Waals surface area contributed by atoms with E-state index in [0.29, 0.717) is 31.3 Å². The molecule has 27 heavy (non-hydrogen) atoms. The largest absolute Gasteiger partial charge is 0.385 e. The first-order valence-corrected chi connectivity index (χ1v) is 8.67. The minimum Gasteiger partial charge on any atom is -0.385 e. The number of nitrogens with two attached hydrogens (primary N) is 1. The normalized spacial score (nSPS) is 16.3. The van der Waals surface area contributed by atoms with E-state index >= 15 is 0 Å². The molecule has 3 N–H and O–H groups in total. The van der Waals surface area contributed by atoms with E-state index in [1.54, 1.807) is 19.3 Å².